The molecule has 0 bridgehead atoms. The van der Waals surface area contributed by atoms with E-state index in [1.807, 2.05) is 36.4 Å². The minimum atomic E-state index is -0.220. The second-order valence-corrected chi connectivity index (χ2v) is 6.77. The van der Waals surface area contributed by atoms with Gasteiger partial charge in [0.05, 0.1) is 13.0 Å². The van der Waals surface area contributed by atoms with Gasteiger partial charge in [0.2, 0.25) is 5.91 Å². The average Bonchev–Trinajstić information content (AvgIpc) is 2.68. The Kier molecular flexibility index (Phi) is 6.23. The molecule has 1 aliphatic rings. The second kappa shape index (κ2) is 8.81. The van der Waals surface area contributed by atoms with Crippen LogP contribution in [-0.2, 0) is 17.9 Å². The molecule has 0 aliphatic carbocycles. The number of rotatable bonds is 6. The Morgan fingerprint density at radius 2 is 2.04 bits per heavy atom. The Hall–Kier alpha value is -2.40. The van der Waals surface area contributed by atoms with Gasteiger partial charge in [-0.25, -0.2) is 4.39 Å². The summed E-state index contributed by atoms with van der Waals surface area (Å²) in [5.74, 6) is 0.661. The molecule has 1 saturated heterocycles. The van der Waals surface area contributed by atoms with E-state index in [-0.39, 0.29) is 17.6 Å². The topological polar surface area (TPSA) is 41.6 Å². The van der Waals surface area contributed by atoms with Crippen molar-refractivity contribution in [2.24, 2.45) is 5.92 Å². The largest absolute Gasteiger partial charge is 0.497 e. The number of amides is 1. The summed E-state index contributed by atoms with van der Waals surface area (Å²) in [6.45, 7) is 2.96. The lowest BCUT2D eigenvalue weighted by Gasteiger charge is -2.32. The summed E-state index contributed by atoms with van der Waals surface area (Å²) in [5, 5.41) is 3.04. The number of benzene rings is 2. The molecular formula is C21H25FN2O2. The number of likely N-dealkylation sites (tertiary alicyclic amines) is 1. The maximum atomic E-state index is 13.0. The van der Waals surface area contributed by atoms with Gasteiger partial charge >= 0.3 is 0 Å². The first-order valence-corrected chi connectivity index (χ1v) is 9.01. The molecule has 1 heterocycles. The lowest BCUT2D eigenvalue weighted by molar-refractivity contribution is -0.126. The number of carbonyl (C=O) groups is 1. The molecule has 26 heavy (non-hydrogen) atoms. The van der Waals surface area contributed by atoms with Crippen molar-refractivity contribution in [1.29, 1.82) is 0 Å². The van der Waals surface area contributed by atoms with E-state index in [0.29, 0.717) is 6.54 Å². The van der Waals surface area contributed by atoms with E-state index in [4.69, 9.17) is 4.74 Å². The maximum absolute atomic E-state index is 13.0. The highest BCUT2D eigenvalue weighted by Gasteiger charge is 2.25. The smallest absolute Gasteiger partial charge is 0.224 e. The van der Waals surface area contributed by atoms with Crippen LogP contribution in [0.4, 0.5) is 4.39 Å². The van der Waals surface area contributed by atoms with Crippen LogP contribution < -0.4 is 10.1 Å². The van der Waals surface area contributed by atoms with Gasteiger partial charge in [0.15, 0.2) is 0 Å². The Morgan fingerprint density at radius 3 is 2.81 bits per heavy atom. The molecule has 2 aromatic rings. The van der Waals surface area contributed by atoms with E-state index in [1.54, 1.807) is 7.11 Å². The van der Waals surface area contributed by atoms with Gasteiger partial charge in [-0.3, -0.25) is 9.69 Å². The Labute approximate surface area is 154 Å². The first-order chi connectivity index (χ1) is 12.6. The van der Waals surface area contributed by atoms with E-state index in [2.05, 4.69) is 10.2 Å². The van der Waals surface area contributed by atoms with Crippen LogP contribution in [0.15, 0.2) is 48.5 Å². The van der Waals surface area contributed by atoms with Gasteiger partial charge in [0.1, 0.15) is 11.6 Å². The van der Waals surface area contributed by atoms with Crippen molar-refractivity contribution >= 4 is 5.91 Å². The predicted molar refractivity (Wildman–Crippen MR) is 99.2 cm³/mol. The summed E-state index contributed by atoms with van der Waals surface area (Å²) >= 11 is 0. The molecule has 1 amide bonds. The first kappa shape index (κ1) is 18.4. The molecule has 0 aromatic heterocycles. The van der Waals surface area contributed by atoms with Gasteiger partial charge in [-0.15, -0.1) is 0 Å². The first-order valence-electron chi connectivity index (χ1n) is 9.01. The van der Waals surface area contributed by atoms with Crippen LogP contribution in [0.1, 0.15) is 24.0 Å². The number of methoxy groups -OCH3 is 1. The zero-order valence-corrected chi connectivity index (χ0v) is 15.1. The Bertz CT molecular complexity index is 733. The summed E-state index contributed by atoms with van der Waals surface area (Å²) in [4.78, 5) is 14.8. The molecule has 1 unspecified atom stereocenters. The highest BCUT2D eigenvalue weighted by atomic mass is 19.1. The van der Waals surface area contributed by atoms with Crippen LogP contribution in [-0.4, -0.2) is 31.0 Å². The van der Waals surface area contributed by atoms with Crippen LogP contribution in [0.3, 0.4) is 0 Å². The van der Waals surface area contributed by atoms with Crippen LogP contribution in [0.2, 0.25) is 0 Å². The standard InChI is InChI=1S/C21H25FN2O2/c1-26-20-6-2-4-17(12-20)13-23-21(25)18-5-3-11-24(15-18)14-16-7-9-19(22)10-8-16/h2,4,6-10,12,18H,3,5,11,13-15H2,1H3,(H,23,25). The molecule has 5 heteroatoms. The molecular weight excluding hydrogens is 331 g/mol. The molecule has 138 valence electrons. The quantitative estimate of drug-likeness (QED) is 0.863. The van der Waals surface area contributed by atoms with Crippen molar-refractivity contribution in [3.05, 3.63) is 65.5 Å². The maximum Gasteiger partial charge on any atom is 0.224 e. The zero-order valence-electron chi connectivity index (χ0n) is 15.1. The van der Waals surface area contributed by atoms with Gasteiger partial charge in [0, 0.05) is 19.6 Å². The summed E-state index contributed by atoms with van der Waals surface area (Å²) in [7, 11) is 1.63. The number of halogens is 1. The van der Waals surface area contributed by atoms with Gasteiger partial charge in [0.25, 0.3) is 0 Å². The van der Waals surface area contributed by atoms with Crippen LogP contribution >= 0.6 is 0 Å². The number of carbonyl (C=O) groups excluding carboxylic acids is 1. The van der Waals surface area contributed by atoms with Gasteiger partial charge < -0.3 is 10.1 Å². The highest BCUT2D eigenvalue weighted by molar-refractivity contribution is 5.79. The van der Waals surface area contributed by atoms with Crippen LogP contribution in [0.25, 0.3) is 0 Å². The SMILES string of the molecule is COc1cccc(CNC(=O)C2CCCN(Cc3ccc(F)cc3)C2)c1. The van der Waals surface area contributed by atoms with Gasteiger partial charge in [-0.1, -0.05) is 24.3 Å². The molecule has 1 aliphatic heterocycles. The van der Waals surface area contributed by atoms with Crippen molar-refractivity contribution in [3.63, 3.8) is 0 Å². The van der Waals surface area contributed by atoms with Crippen molar-refractivity contribution in [2.75, 3.05) is 20.2 Å². The van der Waals surface area contributed by atoms with Crippen LogP contribution in [0.5, 0.6) is 5.75 Å². The van der Waals surface area contributed by atoms with Gasteiger partial charge in [-0.05, 0) is 54.8 Å². The fourth-order valence-corrected chi connectivity index (χ4v) is 3.38. The minimum Gasteiger partial charge on any atom is -0.497 e. The van der Waals surface area contributed by atoms with Crippen molar-refractivity contribution in [3.8, 4) is 5.75 Å². The highest BCUT2D eigenvalue weighted by Crippen LogP contribution is 2.19. The van der Waals surface area contributed by atoms with Gasteiger partial charge in [-0.2, -0.15) is 0 Å². The Morgan fingerprint density at radius 1 is 1.23 bits per heavy atom. The molecule has 0 radical (unpaired) electrons. The fourth-order valence-electron chi connectivity index (χ4n) is 3.38. The lowest BCUT2D eigenvalue weighted by atomic mass is 9.96. The lowest BCUT2D eigenvalue weighted by Crippen LogP contribution is -2.42. The molecule has 0 spiro atoms. The normalized spacial score (nSPS) is 17.7. The Balaban J connectivity index is 1.51. The van der Waals surface area contributed by atoms with E-state index in [9.17, 15) is 9.18 Å². The number of piperidine rings is 1. The van der Waals surface area contributed by atoms with E-state index in [1.165, 1.54) is 12.1 Å². The van der Waals surface area contributed by atoms with E-state index in [0.717, 1.165) is 49.4 Å². The third-order valence-electron chi connectivity index (χ3n) is 4.80. The molecule has 1 N–H and O–H groups in total. The summed E-state index contributed by atoms with van der Waals surface area (Å²) in [5.41, 5.74) is 2.10. The summed E-state index contributed by atoms with van der Waals surface area (Å²) < 4.78 is 18.2. The molecule has 3 rings (SSSR count). The monoisotopic (exact) mass is 356 g/mol. The third-order valence-corrected chi connectivity index (χ3v) is 4.80. The summed E-state index contributed by atoms with van der Waals surface area (Å²) in [6, 6.07) is 14.3. The fraction of sp³-hybridized carbons (Fsp3) is 0.381. The number of hydrogen-bond donors (Lipinski definition) is 1. The van der Waals surface area contributed by atoms with Crippen molar-refractivity contribution in [1.82, 2.24) is 10.2 Å². The second-order valence-electron chi connectivity index (χ2n) is 6.77. The number of ether oxygens (including phenoxy) is 1. The van der Waals surface area contributed by atoms with E-state index >= 15 is 0 Å². The predicted octanol–water partition coefficient (Wildman–Crippen LogP) is 3.36. The number of hydrogen-bond acceptors (Lipinski definition) is 3. The summed E-state index contributed by atoms with van der Waals surface area (Å²) in [6.07, 6.45) is 1.91. The number of nitrogens with one attached hydrogen (secondary N) is 1. The molecule has 1 atom stereocenters. The van der Waals surface area contributed by atoms with Crippen molar-refractivity contribution < 1.29 is 13.9 Å². The molecule has 1 fully saturated rings. The van der Waals surface area contributed by atoms with Crippen molar-refractivity contribution in [2.45, 2.75) is 25.9 Å². The molecule has 4 nitrogen and oxygen atoms in total. The molecule has 2 aromatic carbocycles. The average molecular weight is 356 g/mol. The number of nitrogens with zero attached hydrogens (tertiary/aromatic N) is 1. The third kappa shape index (κ3) is 5.05. The minimum absolute atomic E-state index is 0.00481. The molecule has 0 saturated carbocycles. The van der Waals surface area contributed by atoms with Crippen LogP contribution in [0, 0.1) is 11.7 Å². The van der Waals surface area contributed by atoms with E-state index < -0.39 is 0 Å². The zero-order chi connectivity index (χ0) is 18.4.